The van der Waals surface area contributed by atoms with Crippen LogP contribution in [0.2, 0.25) is 0 Å². The molecule has 0 radical (unpaired) electrons. The van der Waals surface area contributed by atoms with Gasteiger partial charge in [0.05, 0.1) is 0 Å². The third-order valence-electron chi connectivity index (χ3n) is 3.75. The zero-order valence-electron chi connectivity index (χ0n) is 13.9. The number of carbonyl (C=O) groups excluding carboxylic acids is 2. The second-order valence-corrected chi connectivity index (χ2v) is 8.61. The van der Waals surface area contributed by atoms with Gasteiger partial charge in [0.2, 0.25) is 0 Å². The molecule has 0 aliphatic carbocycles. The summed E-state index contributed by atoms with van der Waals surface area (Å²) in [4.78, 5) is 23.7. The summed E-state index contributed by atoms with van der Waals surface area (Å²) >= 11 is 0. The fourth-order valence-corrected chi connectivity index (χ4v) is 5.36. The Kier molecular flexibility index (Phi) is 8.02. The molecule has 25 heavy (non-hydrogen) atoms. The third-order valence-corrected chi connectivity index (χ3v) is 6.76. The van der Waals surface area contributed by atoms with Crippen molar-refractivity contribution >= 4 is 39.2 Å². The molecule has 1 fully saturated rings. The molecule has 1 heterocycles. The number of hydrogen-bond acceptors (Lipinski definition) is 5. The van der Waals surface area contributed by atoms with Crippen LogP contribution in [0.25, 0.3) is 0 Å². The first-order chi connectivity index (χ1) is 12.0. The fraction of sp³-hybridized carbons (Fsp3) is 0.529. The highest BCUT2D eigenvalue weighted by molar-refractivity contribution is 8.77. The molecule has 4 nitrogen and oxygen atoms in total. The molecule has 0 spiro atoms. The molecule has 2 rings (SSSR count). The molecular weight excluding hydrogens is 368 g/mol. The van der Waals surface area contributed by atoms with Crippen molar-refractivity contribution < 1.29 is 23.1 Å². The molecule has 1 aromatic rings. The first-order valence-electron chi connectivity index (χ1n) is 8.19. The van der Waals surface area contributed by atoms with Gasteiger partial charge in [-0.25, -0.2) is 8.78 Å². The van der Waals surface area contributed by atoms with Crippen molar-refractivity contribution in [2.45, 2.75) is 50.4 Å². The Bertz CT molecular complexity index is 610. The number of amides is 1. The summed E-state index contributed by atoms with van der Waals surface area (Å²) < 4.78 is 31.0. The number of benzene rings is 1. The molecule has 0 saturated carbocycles. The minimum atomic E-state index is -1.05. The van der Waals surface area contributed by atoms with E-state index in [0.29, 0.717) is 5.25 Å². The van der Waals surface area contributed by atoms with E-state index in [-0.39, 0.29) is 12.1 Å². The van der Waals surface area contributed by atoms with Crippen molar-refractivity contribution in [3.63, 3.8) is 0 Å². The summed E-state index contributed by atoms with van der Waals surface area (Å²) in [5.74, 6) is -1.87. The van der Waals surface area contributed by atoms with E-state index in [2.05, 4.69) is 5.32 Å². The Morgan fingerprint density at radius 3 is 2.80 bits per heavy atom. The van der Waals surface area contributed by atoms with Gasteiger partial charge in [-0.2, -0.15) is 0 Å². The molecule has 0 bridgehead atoms. The summed E-state index contributed by atoms with van der Waals surface area (Å²) in [5.41, 5.74) is 0.110. The predicted octanol–water partition coefficient (Wildman–Crippen LogP) is 4.55. The van der Waals surface area contributed by atoms with Gasteiger partial charge in [0, 0.05) is 29.2 Å². The number of nitrogens with one attached hydrogen (secondary N) is 1. The molecule has 8 heteroatoms. The number of ether oxygens (including phenoxy) is 1. The van der Waals surface area contributed by atoms with Crippen LogP contribution in [0, 0.1) is 11.6 Å². The standard InChI is InChI=1S/C17H21F2NO3S2/c1-11(17(22)20-12-6-7-14(18)15(19)10-12)23-16(21)5-3-2-4-13-8-9-24-25-13/h6-7,10-11,13H,2-5,8-9H2,1H3,(H,20,22)/t11-,13-/m1/s1. The van der Waals surface area contributed by atoms with E-state index < -0.39 is 29.6 Å². The first kappa shape index (κ1) is 20.0. The lowest BCUT2D eigenvalue weighted by molar-refractivity contribution is -0.153. The SMILES string of the molecule is C[C@@H](OC(=O)CCCC[C@@H]1CCSS1)C(=O)Nc1ccc(F)c(F)c1. The molecule has 1 aliphatic rings. The molecule has 1 amide bonds. The zero-order valence-corrected chi connectivity index (χ0v) is 15.6. The Morgan fingerprint density at radius 1 is 1.32 bits per heavy atom. The average Bonchev–Trinajstić information content (AvgIpc) is 3.08. The number of unbranched alkanes of at least 4 members (excludes halogenated alkanes) is 1. The van der Waals surface area contributed by atoms with Crippen LogP contribution in [0.5, 0.6) is 0 Å². The minimum Gasteiger partial charge on any atom is -0.453 e. The maximum absolute atomic E-state index is 13.1. The highest BCUT2D eigenvalue weighted by Crippen LogP contribution is 2.39. The van der Waals surface area contributed by atoms with Crippen molar-refractivity contribution in [1.82, 2.24) is 0 Å². The summed E-state index contributed by atoms with van der Waals surface area (Å²) in [6.07, 6.45) is 3.29. The predicted molar refractivity (Wildman–Crippen MR) is 97.5 cm³/mol. The third kappa shape index (κ3) is 6.86. The second kappa shape index (κ2) is 10.0. The van der Waals surface area contributed by atoms with Gasteiger partial charge in [0.1, 0.15) is 0 Å². The molecule has 0 aromatic heterocycles. The number of hydrogen-bond donors (Lipinski definition) is 1. The number of anilines is 1. The Balaban J connectivity index is 1.66. The number of halogens is 2. The smallest absolute Gasteiger partial charge is 0.306 e. The molecule has 1 saturated heterocycles. The molecule has 138 valence electrons. The first-order valence-corrected chi connectivity index (χ1v) is 10.6. The second-order valence-electron chi connectivity index (χ2n) is 5.82. The largest absolute Gasteiger partial charge is 0.453 e. The maximum Gasteiger partial charge on any atom is 0.306 e. The molecule has 1 aromatic carbocycles. The van der Waals surface area contributed by atoms with Crippen molar-refractivity contribution in [3.8, 4) is 0 Å². The molecule has 2 atom stereocenters. The van der Waals surface area contributed by atoms with E-state index in [1.165, 1.54) is 25.2 Å². The van der Waals surface area contributed by atoms with Crippen molar-refractivity contribution in [2.75, 3.05) is 11.1 Å². The topological polar surface area (TPSA) is 55.4 Å². The monoisotopic (exact) mass is 389 g/mol. The van der Waals surface area contributed by atoms with E-state index in [0.717, 1.165) is 31.4 Å². The summed E-state index contributed by atoms with van der Waals surface area (Å²) in [5, 5.41) is 3.07. The van der Waals surface area contributed by atoms with Crippen molar-refractivity contribution in [3.05, 3.63) is 29.8 Å². The molecule has 1 aliphatic heterocycles. The van der Waals surface area contributed by atoms with Crippen LogP contribution in [0.4, 0.5) is 14.5 Å². The van der Waals surface area contributed by atoms with Gasteiger partial charge >= 0.3 is 5.97 Å². The molecule has 1 N–H and O–H groups in total. The van der Waals surface area contributed by atoms with Gasteiger partial charge in [-0.1, -0.05) is 28.0 Å². The number of carbonyl (C=O) groups is 2. The highest BCUT2D eigenvalue weighted by atomic mass is 33.1. The number of esters is 1. The van der Waals surface area contributed by atoms with Crippen molar-refractivity contribution in [1.29, 1.82) is 0 Å². The Labute approximate surface area is 153 Å². The molecular formula is C17H21F2NO3S2. The van der Waals surface area contributed by atoms with Gasteiger partial charge in [-0.15, -0.1) is 0 Å². The van der Waals surface area contributed by atoms with Gasteiger partial charge in [0.15, 0.2) is 17.7 Å². The Morgan fingerprint density at radius 2 is 2.12 bits per heavy atom. The summed E-state index contributed by atoms with van der Waals surface area (Å²) in [6.45, 7) is 1.44. The van der Waals surface area contributed by atoms with Crippen LogP contribution in [0.1, 0.15) is 39.0 Å². The minimum absolute atomic E-state index is 0.110. The quantitative estimate of drug-likeness (QED) is 0.402. The Hall–Kier alpha value is -1.28. The average molecular weight is 389 g/mol. The lowest BCUT2D eigenvalue weighted by atomic mass is 10.1. The van der Waals surface area contributed by atoms with Crippen LogP contribution in [0.3, 0.4) is 0 Å². The lowest BCUT2D eigenvalue weighted by Crippen LogP contribution is -2.30. The zero-order chi connectivity index (χ0) is 18.2. The van der Waals surface area contributed by atoms with E-state index in [1.807, 2.05) is 21.6 Å². The van der Waals surface area contributed by atoms with E-state index in [4.69, 9.17) is 4.74 Å². The van der Waals surface area contributed by atoms with E-state index >= 15 is 0 Å². The molecule has 0 unspecified atom stereocenters. The van der Waals surface area contributed by atoms with Crippen molar-refractivity contribution in [2.24, 2.45) is 0 Å². The summed E-state index contributed by atoms with van der Waals surface area (Å²) in [6, 6.07) is 3.04. The van der Waals surface area contributed by atoms with Crippen LogP contribution in [0.15, 0.2) is 18.2 Å². The van der Waals surface area contributed by atoms with E-state index in [9.17, 15) is 18.4 Å². The lowest BCUT2D eigenvalue weighted by Gasteiger charge is -2.14. The fourth-order valence-electron chi connectivity index (χ4n) is 2.33. The normalized spacial score (nSPS) is 18.0. The highest BCUT2D eigenvalue weighted by Gasteiger charge is 2.19. The summed E-state index contributed by atoms with van der Waals surface area (Å²) in [7, 11) is 3.81. The number of rotatable bonds is 8. The van der Waals surface area contributed by atoms with Crippen LogP contribution in [-0.4, -0.2) is 29.0 Å². The van der Waals surface area contributed by atoms with Crippen LogP contribution >= 0.6 is 21.6 Å². The van der Waals surface area contributed by atoms with Crippen LogP contribution in [-0.2, 0) is 14.3 Å². The van der Waals surface area contributed by atoms with Gasteiger partial charge in [-0.05, 0) is 38.3 Å². The maximum atomic E-state index is 13.1. The van der Waals surface area contributed by atoms with Gasteiger partial charge in [-0.3, -0.25) is 9.59 Å². The van der Waals surface area contributed by atoms with Gasteiger partial charge in [0.25, 0.3) is 5.91 Å². The van der Waals surface area contributed by atoms with Gasteiger partial charge < -0.3 is 10.1 Å². The van der Waals surface area contributed by atoms with Crippen LogP contribution < -0.4 is 5.32 Å². The van der Waals surface area contributed by atoms with E-state index in [1.54, 1.807) is 0 Å².